The lowest BCUT2D eigenvalue weighted by atomic mass is 10.1. The van der Waals surface area contributed by atoms with Gasteiger partial charge in [0.15, 0.2) is 0 Å². The van der Waals surface area contributed by atoms with Crippen LogP contribution in [0.15, 0.2) is 18.2 Å². The monoisotopic (exact) mass is 293 g/mol. The van der Waals surface area contributed by atoms with Crippen LogP contribution in [0.2, 0.25) is 0 Å². The van der Waals surface area contributed by atoms with Crippen LogP contribution in [0.5, 0.6) is 0 Å². The third-order valence-electron chi connectivity index (χ3n) is 2.89. The number of hydrogen-bond donors (Lipinski definition) is 2. The number of anilines is 1. The zero-order valence-electron chi connectivity index (χ0n) is 12.3. The molecule has 4 nitrogen and oxygen atoms in total. The van der Waals surface area contributed by atoms with E-state index in [1.165, 1.54) is 18.2 Å². The maximum atomic E-state index is 13.5. The Kier molecular flexibility index (Phi) is 7.44. The number of aliphatic hydroxyl groups is 1. The van der Waals surface area contributed by atoms with Crippen LogP contribution in [0.3, 0.4) is 0 Å². The highest BCUT2D eigenvalue weighted by Crippen LogP contribution is 2.14. The lowest BCUT2D eigenvalue weighted by molar-refractivity contribution is -0.116. The molecular formula is C16H20FNO3. The summed E-state index contributed by atoms with van der Waals surface area (Å²) in [7, 11) is 1.60. The zero-order chi connectivity index (χ0) is 15.7. The fourth-order valence-corrected chi connectivity index (χ4v) is 1.59. The third-order valence-corrected chi connectivity index (χ3v) is 2.89. The number of hydrogen-bond acceptors (Lipinski definition) is 3. The lowest BCUT2D eigenvalue weighted by Gasteiger charge is -2.09. The predicted octanol–water partition coefficient (Wildman–Crippen LogP) is 2.31. The molecule has 0 aliphatic carbocycles. The maximum Gasteiger partial charge on any atom is 0.224 e. The number of nitrogens with one attached hydrogen (secondary N) is 1. The van der Waals surface area contributed by atoms with E-state index >= 15 is 0 Å². The number of carbonyl (C=O) groups excluding carboxylic acids is 1. The first kappa shape index (κ1) is 17.2. The number of methoxy groups -OCH3 is 1. The van der Waals surface area contributed by atoms with Crippen molar-refractivity contribution in [3.05, 3.63) is 29.6 Å². The summed E-state index contributed by atoms with van der Waals surface area (Å²) in [5.41, 5.74) is 0.700. The van der Waals surface area contributed by atoms with Gasteiger partial charge in [0.2, 0.25) is 5.91 Å². The summed E-state index contributed by atoms with van der Waals surface area (Å²) in [5, 5.41) is 11.3. The summed E-state index contributed by atoms with van der Waals surface area (Å²) in [5.74, 6) is 4.68. The molecule has 0 aliphatic heterocycles. The van der Waals surface area contributed by atoms with Gasteiger partial charge in [0.1, 0.15) is 5.82 Å². The third kappa shape index (κ3) is 6.39. The molecule has 0 heterocycles. The van der Waals surface area contributed by atoms with Crippen LogP contribution in [-0.4, -0.2) is 30.8 Å². The molecule has 1 rings (SSSR count). The summed E-state index contributed by atoms with van der Waals surface area (Å²) in [4.78, 5) is 11.8. The summed E-state index contributed by atoms with van der Waals surface area (Å²) >= 11 is 0. The van der Waals surface area contributed by atoms with Crippen LogP contribution < -0.4 is 5.32 Å². The molecule has 0 spiro atoms. The van der Waals surface area contributed by atoms with E-state index in [1.807, 2.05) is 6.92 Å². The van der Waals surface area contributed by atoms with E-state index in [4.69, 9.17) is 9.84 Å². The highest BCUT2D eigenvalue weighted by Gasteiger charge is 2.07. The molecule has 114 valence electrons. The molecule has 1 aromatic rings. The van der Waals surface area contributed by atoms with Crippen molar-refractivity contribution in [3.8, 4) is 11.8 Å². The van der Waals surface area contributed by atoms with Gasteiger partial charge in [-0.15, -0.1) is 0 Å². The Morgan fingerprint density at radius 1 is 1.52 bits per heavy atom. The Hall–Kier alpha value is -1.90. The Labute approximate surface area is 124 Å². The van der Waals surface area contributed by atoms with E-state index in [1.54, 1.807) is 7.11 Å². The molecule has 0 fully saturated rings. The fraction of sp³-hybridized carbons (Fsp3) is 0.438. The van der Waals surface area contributed by atoms with Gasteiger partial charge < -0.3 is 15.2 Å². The van der Waals surface area contributed by atoms with Crippen LogP contribution in [0.4, 0.5) is 10.1 Å². The topological polar surface area (TPSA) is 58.6 Å². The van der Waals surface area contributed by atoms with Crippen molar-refractivity contribution >= 4 is 11.6 Å². The van der Waals surface area contributed by atoms with Gasteiger partial charge in [0.25, 0.3) is 0 Å². The Balaban J connectivity index is 2.66. The molecule has 0 saturated carbocycles. The fourth-order valence-electron chi connectivity index (χ4n) is 1.59. The summed E-state index contributed by atoms with van der Waals surface area (Å²) in [6.07, 6.45) is 1.25. The Morgan fingerprint density at radius 3 is 2.95 bits per heavy atom. The van der Waals surface area contributed by atoms with Crippen molar-refractivity contribution in [2.45, 2.75) is 32.3 Å². The molecule has 0 radical (unpaired) electrons. The Bertz CT molecular complexity index is 534. The first-order valence-corrected chi connectivity index (χ1v) is 6.78. The molecule has 0 aromatic heterocycles. The summed E-state index contributed by atoms with van der Waals surface area (Å²) in [6.45, 7) is 1.82. The molecule has 1 amide bonds. The van der Waals surface area contributed by atoms with E-state index in [-0.39, 0.29) is 30.6 Å². The largest absolute Gasteiger partial charge is 0.395 e. The number of carbonyl (C=O) groups is 1. The second-order valence-corrected chi connectivity index (χ2v) is 4.60. The molecule has 2 N–H and O–H groups in total. The van der Waals surface area contributed by atoms with Crippen molar-refractivity contribution in [3.63, 3.8) is 0 Å². The van der Waals surface area contributed by atoms with Gasteiger partial charge in [-0.05, 0) is 31.5 Å². The van der Waals surface area contributed by atoms with Crippen molar-refractivity contribution < 1.29 is 19.0 Å². The van der Waals surface area contributed by atoms with Crippen LogP contribution >= 0.6 is 0 Å². The SMILES string of the molecule is COC(C)CCC(=O)Nc1ccc(F)c(C#CCCO)c1. The summed E-state index contributed by atoms with van der Waals surface area (Å²) < 4.78 is 18.6. The van der Waals surface area contributed by atoms with Crippen LogP contribution in [0.1, 0.15) is 31.7 Å². The van der Waals surface area contributed by atoms with Gasteiger partial charge >= 0.3 is 0 Å². The quantitative estimate of drug-likeness (QED) is 0.791. The van der Waals surface area contributed by atoms with Crippen LogP contribution in [0.25, 0.3) is 0 Å². The number of aliphatic hydroxyl groups excluding tert-OH is 1. The standard InChI is InChI=1S/C16H20FNO3/c1-12(21-2)6-9-16(20)18-14-7-8-15(17)13(11-14)5-3-4-10-19/h7-8,11-12,19H,4,6,9-10H2,1-2H3,(H,18,20). The van der Waals surface area contributed by atoms with E-state index in [2.05, 4.69) is 17.2 Å². The molecule has 1 unspecified atom stereocenters. The normalized spacial score (nSPS) is 11.4. The van der Waals surface area contributed by atoms with E-state index < -0.39 is 5.82 Å². The average molecular weight is 293 g/mol. The van der Waals surface area contributed by atoms with Crippen molar-refractivity contribution in [1.82, 2.24) is 0 Å². The minimum absolute atomic E-state index is 0.0175. The number of halogens is 1. The second-order valence-electron chi connectivity index (χ2n) is 4.60. The van der Waals surface area contributed by atoms with Gasteiger partial charge in [0, 0.05) is 25.6 Å². The average Bonchev–Trinajstić information content (AvgIpc) is 2.48. The molecule has 0 saturated heterocycles. The zero-order valence-corrected chi connectivity index (χ0v) is 12.3. The van der Waals surface area contributed by atoms with E-state index in [9.17, 15) is 9.18 Å². The highest BCUT2D eigenvalue weighted by molar-refractivity contribution is 5.90. The molecular weight excluding hydrogens is 273 g/mol. The maximum absolute atomic E-state index is 13.5. The summed E-state index contributed by atoms with van der Waals surface area (Å²) in [6, 6.07) is 4.23. The highest BCUT2D eigenvalue weighted by atomic mass is 19.1. The first-order valence-electron chi connectivity index (χ1n) is 6.78. The number of benzene rings is 1. The minimum atomic E-state index is -0.452. The van der Waals surface area contributed by atoms with Gasteiger partial charge in [-0.25, -0.2) is 4.39 Å². The minimum Gasteiger partial charge on any atom is -0.395 e. The number of rotatable bonds is 6. The van der Waals surface area contributed by atoms with Crippen molar-refractivity contribution in [2.24, 2.45) is 0 Å². The van der Waals surface area contributed by atoms with Gasteiger partial charge in [-0.3, -0.25) is 4.79 Å². The molecule has 1 atom stereocenters. The van der Waals surface area contributed by atoms with E-state index in [0.717, 1.165) is 0 Å². The second kappa shape index (κ2) is 9.11. The molecule has 0 aliphatic rings. The predicted molar refractivity (Wildman–Crippen MR) is 79.3 cm³/mol. The van der Waals surface area contributed by atoms with Gasteiger partial charge in [-0.2, -0.15) is 0 Å². The molecule has 5 heteroatoms. The van der Waals surface area contributed by atoms with Crippen molar-refractivity contribution in [1.29, 1.82) is 0 Å². The molecule has 0 bridgehead atoms. The first-order chi connectivity index (χ1) is 10.1. The lowest BCUT2D eigenvalue weighted by Crippen LogP contribution is -2.15. The van der Waals surface area contributed by atoms with E-state index in [0.29, 0.717) is 18.5 Å². The molecule has 1 aromatic carbocycles. The van der Waals surface area contributed by atoms with Crippen LogP contribution in [-0.2, 0) is 9.53 Å². The Morgan fingerprint density at radius 2 is 2.29 bits per heavy atom. The van der Waals surface area contributed by atoms with Crippen LogP contribution in [0, 0.1) is 17.7 Å². The van der Waals surface area contributed by atoms with Gasteiger partial charge in [0.05, 0.1) is 18.3 Å². The smallest absolute Gasteiger partial charge is 0.224 e. The molecule has 21 heavy (non-hydrogen) atoms. The number of amides is 1. The number of ether oxygens (including phenoxy) is 1. The van der Waals surface area contributed by atoms with Gasteiger partial charge in [-0.1, -0.05) is 11.8 Å². The van der Waals surface area contributed by atoms with Crippen molar-refractivity contribution in [2.75, 3.05) is 19.0 Å².